The lowest BCUT2D eigenvalue weighted by Crippen LogP contribution is -2.38. The van der Waals surface area contributed by atoms with Crippen LogP contribution in [0.4, 0.5) is 5.82 Å². The molecular formula is C15H22ClN3O. The molecule has 1 heterocycles. The molecule has 4 nitrogen and oxygen atoms in total. The Hall–Kier alpha value is -1.29. The van der Waals surface area contributed by atoms with Gasteiger partial charge in [-0.25, -0.2) is 4.98 Å². The summed E-state index contributed by atoms with van der Waals surface area (Å²) < 4.78 is 0. The van der Waals surface area contributed by atoms with E-state index in [1.165, 1.54) is 12.8 Å². The zero-order valence-corrected chi connectivity index (χ0v) is 12.8. The van der Waals surface area contributed by atoms with Gasteiger partial charge in [0.15, 0.2) is 0 Å². The highest BCUT2D eigenvalue weighted by molar-refractivity contribution is 6.33. The second-order valence-corrected chi connectivity index (χ2v) is 5.93. The van der Waals surface area contributed by atoms with E-state index in [2.05, 4.69) is 22.5 Å². The zero-order chi connectivity index (χ0) is 14.5. The van der Waals surface area contributed by atoms with Crippen LogP contribution in [-0.4, -0.2) is 23.5 Å². The Kier molecular flexibility index (Phi) is 5.24. The van der Waals surface area contributed by atoms with Crippen LogP contribution < -0.4 is 10.6 Å². The normalized spacial score (nSPS) is 22.4. The average molecular weight is 296 g/mol. The topological polar surface area (TPSA) is 54.0 Å². The summed E-state index contributed by atoms with van der Waals surface area (Å²) in [6, 6.07) is 1.95. The van der Waals surface area contributed by atoms with Gasteiger partial charge in [0.1, 0.15) is 5.82 Å². The van der Waals surface area contributed by atoms with E-state index in [-0.39, 0.29) is 11.9 Å². The first-order valence-corrected chi connectivity index (χ1v) is 7.68. The Labute approximate surface area is 125 Å². The van der Waals surface area contributed by atoms with Gasteiger partial charge in [0.25, 0.3) is 5.91 Å². The fourth-order valence-corrected chi connectivity index (χ4v) is 2.93. The largest absolute Gasteiger partial charge is 0.369 e. The van der Waals surface area contributed by atoms with Crippen molar-refractivity contribution in [2.24, 2.45) is 5.92 Å². The van der Waals surface area contributed by atoms with Gasteiger partial charge in [0.05, 0.1) is 10.6 Å². The number of aromatic nitrogens is 1. The highest BCUT2D eigenvalue weighted by atomic mass is 35.5. The van der Waals surface area contributed by atoms with Gasteiger partial charge in [-0.05, 0) is 31.7 Å². The smallest absolute Gasteiger partial charge is 0.253 e. The number of carbonyl (C=O) groups excluding carboxylic acids is 1. The molecule has 1 saturated carbocycles. The molecule has 1 aliphatic carbocycles. The van der Waals surface area contributed by atoms with Crippen molar-refractivity contribution in [3.8, 4) is 0 Å². The molecule has 1 aliphatic rings. The number of hydrogen-bond donors (Lipinski definition) is 2. The summed E-state index contributed by atoms with van der Waals surface area (Å²) in [5, 5.41) is 6.62. The van der Waals surface area contributed by atoms with Crippen molar-refractivity contribution in [1.82, 2.24) is 10.3 Å². The third kappa shape index (κ3) is 3.85. The maximum Gasteiger partial charge on any atom is 0.253 e. The third-order valence-electron chi connectivity index (χ3n) is 3.72. The van der Waals surface area contributed by atoms with Crippen molar-refractivity contribution in [3.63, 3.8) is 0 Å². The Morgan fingerprint density at radius 2 is 2.30 bits per heavy atom. The van der Waals surface area contributed by atoms with Crippen LogP contribution >= 0.6 is 11.6 Å². The molecule has 0 spiro atoms. The van der Waals surface area contributed by atoms with Crippen molar-refractivity contribution in [1.29, 1.82) is 0 Å². The first-order chi connectivity index (χ1) is 9.60. The number of amides is 1. The summed E-state index contributed by atoms with van der Waals surface area (Å²) in [7, 11) is 0. The predicted molar refractivity (Wildman–Crippen MR) is 82.3 cm³/mol. The molecular weight excluding hydrogens is 274 g/mol. The second-order valence-electron chi connectivity index (χ2n) is 5.53. The van der Waals surface area contributed by atoms with E-state index in [0.717, 1.165) is 19.4 Å². The van der Waals surface area contributed by atoms with E-state index >= 15 is 0 Å². The number of pyridine rings is 1. The van der Waals surface area contributed by atoms with Crippen molar-refractivity contribution in [3.05, 3.63) is 22.8 Å². The summed E-state index contributed by atoms with van der Waals surface area (Å²) in [6.45, 7) is 4.96. The molecule has 5 heteroatoms. The van der Waals surface area contributed by atoms with Gasteiger partial charge < -0.3 is 10.6 Å². The van der Waals surface area contributed by atoms with Gasteiger partial charge in [0, 0.05) is 18.8 Å². The van der Waals surface area contributed by atoms with Crippen molar-refractivity contribution < 1.29 is 4.79 Å². The molecule has 0 aliphatic heterocycles. The van der Waals surface area contributed by atoms with E-state index in [9.17, 15) is 4.79 Å². The molecule has 0 radical (unpaired) electrons. The van der Waals surface area contributed by atoms with E-state index in [1.54, 1.807) is 12.3 Å². The number of nitrogens with zero attached hydrogens (tertiary/aromatic N) is 1. The summed E-state index contributed by atoms with van der Waals surface area (Å²) in [5.41, 5.74) is 0.523. The van der Waals surface area contributed by atoms with Gasteiger partial charge in [0.2, 0.25) is 0 Å². The Morgan fingerprint density at radius 1 is 1.50 bits per heavy atom. The number of nitrogens with one attached hydrogen (secondary N) is 2. The Morgan fingerprint density at radius 3 is 2.95 bits per heavy atom. The standard InChI is InChI=1S/C15H22ClN3O/c1-3-17-14-13(16)8-11(9-18-14)15(20)19-12-6-4-5-10(2)7-12/h8-10,12H,3-7H2,1-2H3,(H,17,18)(H,19,20). The van der Waals surface area contributed by atoms with Crippen LogP contribution in [-0.2, 0) is 0 Å². The minimum absolute atomic E-state index is 0.0819. The highest BCUT2D eigenvalue weighted by Gasteiger charge is 2.21. The lowest BCUT2D eigenvalue weighted by atomic mass is 9.87. The van der Waals surface area contributed by atoms with E-state index in [4.69, 9.17) is 11.6 Å². The number of anilines is 1. The zero-order valence-electron chi connectivity index (χ0n) is 12.1. The van der Waals surface area contributed by atoms with Crippen LogP contribution in [0.5, 0.6) is 0 Å². The summed E-state index contributed by atoms with van der Waals surface area (Å²) >= 11 is 6.11. The van der Waals surface area contributed by atoms with E-state index in [0.29, 0.717) is 22.3 Å². The Bertz CT molecular complexity index is 478. The van der Waals surface area contributed by atoms with Gasteiger partial charge in [-0.3, -0.25) is 4.79 Å². The lowest BCUT2D eigenvalue weighted by Gasteiger charge is -2.27. The molecule has 2 atom stereocenters. The number of carbonyl (C=O) groups is 1. The Balaban J connectivity index is 2.00. The molecule has 0 bridgehead atoms. The van der Waals surface area contributed by atoms with Gasteiger partial charge >= 0.3 is 0 Å². The second kappa shape index (κ2) is 6.93. The number of halogens is 1. The van der Waals surface area contributed by atoms with Crippen LogP contribution in [0.25, 0.3) is 0 Å². The van der Waals surface area contributed by atoms with Crippen LogP contribution in [0.3, 0.4) is 0 Å². The minimum Gasteiger partial charge on any atom is -0.369 e. The van der Waals surface area contributed by atoms with Crippen LogP contribution in [0.2, 0.25) is 5.02 Å². The summed E-state index contributed by atoms with van der Waals surface area (Å²) in [4.78, 5) is 16.4. The third-order valence-corrected chi connectivity index (χ3v) is 4.01. The first kappa shape index (κ1) is 15.1. The predicted octanol–water partition coefficient (Wildman–Crippen LogP) is 3.48. The van der Waals surface area contributed by atoms with Gasteiger partial charge in [-0.2, -0.15) is 0 Å². The fourth-order valence-electron chi connectivity index (χ4n) is 2.69. The monoisotopic (exact) mass is 295 g/mol. The molecule has 2 N–H and O–H groups in total. The first-order valence-electron chi connectivity index (χ1n) is 7.30. The minimum atomic E-state index is -0.0819. The fraction of sp³-hybridized carbons (Fsp3) is 0.600. The van der Waals surface area contributed by atoms with Crippen LogP contribution in [0.1, 0.15) is 49.9 Å². The molecule has 0 saturated heterocycles. The quantitative estimate of drug-likeness (QED) is 0.894. The van der Waals surface area contributed by atoms with E-state index in [1.807, 2.05) is 6.92 Å². The van der Waals surface area contributed by atoms with Crippen molar-refractivity contribution >= 4 is 23.3 Å². The van der Waals surface area contributed by atoms with Crippen LogP contribution in [0.15, 0.2) is 12.3 Å². The van der Waals surface area contributed by atoms with Gasteiger partial charge in [-0.1, -0.05) is 31.4 Å². The number of hydrogen-bond acceptors (Lipinski definition) is 3. The summed E-state index contributed by atoms with van der Waals surface area (Å²) in [6.07, 6.45) is 6.14. The molecule has 2 rings (SSSR count). The molecule has 2 unspecified atom stereocenters. The molecule has 1 aromatic heterocycles. The maximum atomic E-state index is 12.2. The molecule has 1 aromatic rings. The summed E-state index contributed by atoms with van der Waals surface area (Å²) in [5.74, 6) is 1.23. The van der Waals surface area contributed by atoms with Crippen molar-refractivity contribution in [2.75, 3.05) is 11.9 Å². The molecule has 20 heavy (non-hydrogen) atoms. The maximum absolute atomic E-state index is 12.2. The SMILES string of the molecule is CCNc1ncc(C(=O)NC2CCCC(C)C2)cc1Cl. The lowest BCUT2D eigenvalue weighted by molar-refractivity contribution is 0.0921. The molecule has 110 valence electrons. The molecule has 1 fully saturated rings. The average Bonchev–Trinajstić information content (AvgIpc) is 2.41. The van der Waals surface area contributed by atoms with E-state index < -0.39 is 0 Å². The highest BCUT2D eigenvalue weighted by Crippen LogP contribution is 2.24. The van der Waals surface area contributed by atoms with Gasteiger partial charge in [-0.15, -0.1) is 0 Å². The molecule has 1 amide bonds. The van der Waals surface area contributed by atoms with Crippen LogP contribution in [0, 0.1) is 5.92 Å². The van der Waals surface area contributed by atoms with Crippen molar-refractivity contribution in [2.45, 2.75) is 45.6 Å². The molecule has 0 aromatic carbocycles. The number of rotatable bonds is 4.